The molecular formula is C33H63NO7. The first-order valence-corrected chi connectivity index (χ1v) is 17.1. The van der Waals surface area contributed by atoms with Gasteiger partial charge in [-0.1, -0.05) is 79.1 Å². The number of carbonyl (C=O) groups excluding carboxylic acids is 2. The van der Waals surface area contributed by atoms with Crippen molar-refractivity contribution in [3.8, 4) is 0 Å². The number of hydrogen-bond donors (Lipinski definition) is 1. The van der Waals surface area contributed by atoms with Crippen molar-refractivity contribution >= 4 is 11.9 Å². The summed E-state index contributed by atoms with van der Waals surface area (Å²) in [6, 6.07) is 0.562. The number of nitrogens with one attached hydrogen (secondary N) is 1. The minimum atomic E-state index is -0.250. The molecule has 0 amide bonds. The average molecular weight is 586 g/mol. The summed E-state index contributed by atoms with van der Waals surface area (Å²) in [6.45, 7) is 11.0. The van der Waals surface area contributed by atoms with E-state index in [2.05, 4.69) is 5.32 Å². The van der Waals surface area contributed by atoms with Crippen molar-refractivity contribution in [2.24, 2.45) is 5.92 Å². The summed E-state index contributed by atoms with van der Waals surface area (Å²) in [4.78, 5) is 44.0. The smallest absolute Gasteiger partial charge is 0.342 e. The minimum Gasteiger partial charge on any atom is -0.381 e. The van der Waals surface area contributed by atoms with Crippen LogP contribution in [0.1, 0.15) is 156 Å². The van der Waals surface area contributed by atoms with Gasteiger partial charge in [0.1, 0.15) is 12.2 Å². The van der Waals surface area contributed by atoms with Gasteiger partial charge in [0.15, 0.2) is 0 Å². The van der Waals surface area contributed by atoms with E-state index in [0.29, 0.717) is 18.9 Å². The lowest BCUT2D eigenvalue weighted by Crippen LogP contribution is -2.35. The van der Waals surface area contributed by atoms with E-state index in [1.807, 2.05) is 27.7 Å². The van der Waals surface area contributed by atoms with E-state index in [-0.39, 0.29) is 24.1 Å². The summed E-state index contributed by atoms with van der Waals surface area (Å²) in [7, 11) is 0. The van der Waals surface area contributed by atoms with Crippen LogP contribution >= 0.6 is 0 Å². The maximum absolute atomic E-state index is 11.9. The second-order valence-electron chi connectivity index (χ2n) is 11.8. The van der Waals surface area contributed by atoms with E-state index in [4.69, 9.17) is 24.3 Å². The Balaban J connectivity index is 2.18. The Labute approximate surface area is 251 Å². The zero-order valence-corrected chi connectivity index (χ0v) is 26.9. The van der Waals surface area contributed by atoms with Crippen molar-refractivity contribution in [2.45, 2.75) is 174 Å². The van der Waals surface area contributed by atoms with E-state index in [1.54, 1.807) is 0 Å². The van der Waals surface area contributed by atoms with E-state index in [0.717, 1.165) is 103 Å². The molecule has 0 aliphatic carbocycles. The maximum Gasteiger partial charge on any atom is 0.342 e. The Morgan fingerprint density at radius 1 is 0.659 bits per heavy atom. The SMILES string of the molecule is CCC(CC)OOC(=O)CCCCCCCC(CCCCCCCC(=O)OOC(CC)CC)NCC1CCOCC1. The molecule has 0 bridgehead atoms. The summed E-state index contributed by atoms with van der Waals surface area (Å²) < 4.78 is 5.53. The molecule has 0 aromatic carbocycles. The average Bonchev–Trinajstić information content (AvgIpc) is 2.99. The molecule has 0 aromatic rings. The van der Waals surface area contributed by atoms with Gasteiger partial charge in [-0.2, -0.15) is 9.78 Å². The van der Waals surface area contributed by atoms with Crippen LogP contribution in [0.15, 0.2) is 0 Å². The highest BCUT2D eigenvalue weighted by molar-refractivity contribution is 5.68. The molecule has 0 unspecified atom stereocenters. The highest BCUT2D eigenvalue weighted by atomic mass is 17.2. The van der Waals surface area contributed by atoms with Crippen LogP contribution in [0.3, 0.4) is 0 Å². The van der Waals surface area contributed by atoms with Crippen molar-refractivity contribution in [3.63, 3.8) is 0 Å². The Morgan fingerprint density at radius 3 is 1.51 bits per heavy atom. The maximum atomic E-state index is 11.9. The molecule has 0 atom stereocenters. The Hall–Kier alpha value is -1.22. The molecule has 1 aliphatic rings. The molecule has 0 spiro atoms. The van der Waals surface area contributed by atoms with Gasteiger partial charge < -0.3 is 10.1 Å². The van der Waals surface area contributed by atoms with Gasteiger partial charge in [-0.15, -0.1) is 0 Å². The molecule has 8 nitrogen and oxygen atoms in total. The van der Waals surface area contributed by atoms with Crippen LogP contribution in [0.4, 0.5) is 0 Å². The van der Waals surface area contributed by atoms with Crippen molar-refractivity contribution in [3.05, 3.63) is 0 Å². The van der Waals surface area contributed by atoms with Crippen LogP contribution < -0.4 is 5.32 Å². The van der Waals surface area contributed by atoms with Gasteiger partial charge in [-0.25, -0.2) is 9.59 Å². The quantitative estimate of drug-likeness (QED) is 0.0586. The van der Waals surface area contributed by atoms with Crippen LogP contribution in [0, 0.1) is 5.92 Å². The third kappa shape index (κ3) is 21.2. The Bertz CT molecular complexity index is 577. The number of unbranched alkanes of at least 4 members (excludes halogenated alkanes) is 8. The second-order valence-corrected chi connectivity index (χ2v) is 11.8. The third-order valence-electron chi connectivity index (χ3n) is 8.28. The van der Waals surface area contributed by atoms with Gasteiger partial charge in [0, 0.05) is 32.1 Å². The van der Waals surface area contributed by atoms with Gasteiger partial charge >= 0.3 is 11.9 Å². The molecule has 242 valence electrons. The predicted octanol–water partition coefficient (Wildman–Crippen LogP) is 8.16. The highest BCUT2D eigenvalue weighted by Gasteiger charge is 2.16. The lowest BCUT2D eigenvalue weighted by atomic mass is 9.97. The van der Waals surface area contributed by atoms with E-state index >= 15 is 0 Å². The van der Waals surface area contributed by atoms with Gasteiger partial charge in [-0.05, 0) is 76.7 Å². The summed E-state index contributed by atoms with van der Waals surface area (Å²) in [6.07, 6.45) is 20.0. The van der Waals surface area contributed by atoms with Crippen molar-refractivity contribution in [1.82, 2.24) is 5.32 Å². The zero-order chi connectivity index (χ0) is 30.0. The molecule has 41 heavy (non-hydrogen) atoms. The van der Waals surface area contributed by atoms with E-state index in [9.17, 15) is 9.59 Å². The molecule has 1 fully saturated rings. The number of ether oxygens (including phenoxy) is 1. The van der Waals surface area contributed by atoms with Gasteiger partial charge in [0.2, 0.25) is 0 Å². The largest absolute Gasteiger partial charge is 0.381 e. The standard InChI is InChI=1S/C33H63NO7/c1-5-30(6-2)38-40-32(35)21-17-13-9-11-15-19-29(34-27-28-23-25-37-26-24-28)20-16-12-10-14-18-22-33(36)41-39-31(7-3)8-4/h28-31,34H,5-27H2,1-4H3. The molecule has 1 N–H and O–H groups in total. The van der Waals surface area contributed by atoms with Crippen LogP contribution in [0.25, 0.3) is 0 Å². The first-order valence-electron chi connectivity index (χ1n) is 17.1. The normalized spacial score (nSPS) is 14.3. The van der Waals surface area contributed by atoms with Crippen LogP contribution in [0.5, 0.6) is 0 Å². The lowest BCUT2D eigenvalue weighted by molar-refractivity contribution is -0.299. The fourth-order valence-corrected chi connectivity index (χ4v) is 5.19. The fraction of sp³-hybridized carbons (Fsp3) is 0.939. The minimum absolute atomic E-state index is 0.00208. The first-order chi connectivity index (χ1) is 20.0. The monoisotopic (exact) mass is 585 g/mol. The summed E-state index contributed by atoms with van der Waals surface area (Å²) in [5.41, 5.74) is 0. The van der Waals surface area contributed by atoms with Crippen LogP contribution in [-0.2, 0) is 33.9 Å². The van der Waals surface area contributed by atoms with Crippen molar-refractivity contribution in [2.75, 3.05) is 19.8 Å². The molecule has 0 saturated carbocycles. The molecule has 0 aromatic heterocycles. The lowest BCUT2D eigenvalue weighted by Gasteiger charge is -2.26. The zero-order valence-electron chi connectivity index (χ0n) is 26.9. The summed E-state index contributed by atoms with van der Waals surface area (Å²) in [5.74, 6) is 0.231. The number of rotatable bonds is 27. The Morgan fingerprint density at radius 2 is 1.07 bits per heavy atom. The van der Waals surface area contributed by atoms with Crippen LogP contribution in [-0.4, -0.2) is 49.9 Å². The Kier molecular flexibility index (Phi) is 24.4. The molecule has 8 heteroatoms. The van der Waals surface area contributed by atoms with Gasteiger partial charge in [-0.3, -0.25) is 9.78 Å². The second kappa shape index (κ2) is 26.4. The third-order valence-corrected chi connectivity index (χ3v) is 8.28. The molecular weight excluding hydrogens is 522 g/mol. The van der Waals surface area contributed by atoms with E-state index < -0.39 is 0 Å². The molecule has 1 aliphatic heterocycles. The van der Waals surface area contributed by atoms with Crippen molar-refractivity contribution in [1.29, 1.82) is 0 Å². The number of hydrogen-bond acceptors (Lipinski definition) is 8. The summed E-state index contributed by atoms with van der Waals surface area (Å²) >= 11 is 0. The highest BCUT2D eigenvalue weighted by Crippen LogP contribution is 2.18. The van der Waals surface area contributed by atoms with Crippen molar-refractivity contribution < 1.29 is 33.9 Å². The predicted molar refractivity (Wildman–Crippen MR) is 163 cm³/mol. The van der Waals surface area contributed by atoms with Crippen LogP contribution in [0.2, 0.25) is 0 Å². The first kappa shape index (κ1) is 37.8. The molecule has 1 heterocycles. The summed E-state index contributed by atoms with van der Waals surface area (Å²) in [5, 5.41) is 3.88. The molecule has 1 rings (SSSR count). The topological polar surface area (TPSA) is 92.3 Å². The van der Waals surface area contributed by atoms with Gasteiger partial charge in [0.25, 0.3) is 0 Å². The molecule has 0 radical (unpaired) electrons. The fourth-order valence-electron chi connectivity index (χ4n) is 5.19. The van der Waals surface area contributed by atoms with Gasteiger partial charge in [0.05, 0.1) is 0 Å². The number of carbonyl (C=O) groups is 2. The molecule has 1 saturated heterocycles. The van der Waals surface area contributed by atoms with E-state index in [1.165, 1.54) is 38.5 Å².